The van der Waals surface area contributed by atoms with Crippen molar-refractivity contribution in [2.45, 2.75) is 0 Å². The molecular weight excluding hydrogens is 286 g/mol. The van der Waals surface area contributed by atoms with E-state index in [4.69, 9.17) is 18.6 Å². The van der Waals surface area contributed by atoms with Gasteiger partial charge in [0.1, 0.15) is 11.3 Å². The van der Waals surface area contributed by atoms with Gasteiger partial charge in [0.05, 0.1) is 13.2 Å². The van der Waals surface area contributed by atoms with Crippen LogP contribution in [0.2, 0.25) is 0 Å². The maximum absolute atomic E-state index is 12.1. The SMILES string of the molecule is O=C(C=Cc1cc2cc3c(cc2o1)OCO3)N1CCOCC1. The number of rotatable bonds is 2. The first-order valence-corrected chi connectivity index (χ1v) is 7.17. The summed E-state index contributed by atoms with van der Waals surface area (Å²) in [5.41, 5.74) is 0.711. The van der Waals surface area contributed by atoms with Crippen LogP contribution < -0.4 is 9.47 Å². The summed E-state index contributed by atoms with van der Waals surface area (Å²) in [5, 5.41) is 0.919. The molecule has 1 fully saturated rings. The number of hydrogen-bond donors (Lipinski definition) is 0. The third-order valence-electron chi connectivity index (χ3n) is 3.74. The maximum Gasteiger partial charge on any atom is 0.246 e. The summed E-state index contributed by atoms with van der Waals surface area (Å²) in [6.45, 7) is 2.68. The lowest BCUT2D eigenvalue weighted by atomic mass is 10.2. The van der Waals surface area contributed by atoms with E-state index in [1.54, 1.807) is 17.0 Å². The molecule has 3 heterocycles. The van der Waals surface area contributed by atoms with Crippen LogP contribution in [0.5, 0.6) is 11.5 Å². The summed E-state index contributed by atoms with van der Waals surface area (Å²) in [7, 11) is 0. The summed E-state index contributed by atoms with van der Waals surface area (Å²) in [6.07, 6.45) is 3.22. The van der Waals surface area contributed by atoms with E-state index in [0.717, 1.165) is 5.39 Å². The summed E-state index contributed by atoms with van der Waals surface area (Å²) in [4.78, 5) is 13.8. The lowest BCUT2D eigenvalue weighted by Gasteiger charge is -2.25. The van der Waals surface area contributed by atoms with Gasteiger partial charge in [-0.15, -0.1) is 0 Å². The van der Waals surface area contributed by atoms with Crippen molar-refractivity contribution in [3.05, 3.63) is 30.0 Å². The molecule has 6 nitrogen and oxygen atoms in total. The second kappa shape index (κ2) is 5.38. The number of benzene rings is 1. The summed E-state index contributed by atoms with van der Waals surface area (Å²) < 4.78 is 21.6. The first-order valence-electron chi connectivity index (χ1n) is 7.17. The highest BCUT2D eigenvalue weighted by atomic mass is 16.7. The minimum absolute atomic E-state index is 0.0297. The standard InChI is InChI=1S/C16H15NO5/c18-16(17-3-5-19-6-4-17)2-1-12-7-11-8-14-15(21-10-20-14)9-13(11)22-12/h1-2,7-9H,3-6,10H2. The van der Waals surface area contributed by atoms with Gasteiger partial charge in [0.25, 0.3) is 0 Å². The first kappa shape index (κ1) is 13.2. The van der Waals surface area contributed by atoms with Gasteiger partial charge in [-0.05, 0) is 18.2 Å². The molecule has 1 saturated heterocycles. The van der Waals surface area contributed by atoms with Crippen LogP contribution in [0, 0.1) is 0 Å². The molecule has 4 rings (SSSR count). The second-order valence-electron chi connectivity index (χ2n) is 5.16. The maximum atomic E-state index is 12.1. The van der Waals surface area contributed by atoms with Gasteiger partial charge in [-0.3, -0.25) is 4.79 Å². The van der Waals surface area contributed by atoms with Crippen LogP contribution in [-0.4, -0.2) is 43.9 Å². The van der Waals surface area contributed by atoms with Crippen molar-refractivity contribution in [3.63, 3.8) is 0 Å². The van der Waals surface area contributed by atoms with E-state index in [1.165, 1.54) is 6.08 Å². The molecule has 0 N–H and O–H groups in total. The van der Waals surface area contributed by atoms with Crippen LogP contribution in [0.3, 0.4) is 0 Å². The molecule has 114 valence electrons. The lowest BCUT2D eigenvalue weighted by Crippen LogP contribution is -2.39. The van der Waals surface area contributed by atoms with Crippen LogP contribution in [0.15, 0.2) is 28.7 Å². The molecule has 1 aromatic heterocycles. The largest absolute Gasteiger partial charge is 0.457 e. The van der Waals surface area contributed by atoms with Gasteiger partial charge in [-0.1, -0.05) is 0 Å². The predicted molar refractivity (Wildman–Crippen MR) is 78.8 cm³/mol. The molecule has 0 aliphatic carbocycles. The number of carbonyl (C=O) groups excluding carboxylic acids is 1. The topological polar surface area (TPSA) is 61.1 Å². The fourth-order valence-electron chi connectivity index (χ4n) is 2.57. The average molecular weight is 301 g/mol. The van der Waals surface area contributed by atoms with E-state index < -0.39 is 0 Å². The van der Waals surface area contributed by atoms with Crippen LogP contribution in [-0.2, 0) is 9.53 Å². The Morgan fingerprint density at radius 3 is 2.68 bits per heavy atom. The van der Waals surface area contributed by atoms with Crippen molar-refractivity contribution in [1.82, 2.24) is 4.90 Å². The Labute approximate surface area is 126 Å². The smallest absolute Gasteiger partial charge is 0.246 e. The van der Waals surface area contributed by atoms with Gasteiger partial charge in [0.15, 0.2) is 11.5 Å². The van der Waals surface area contributed by atoms with E-state index >= 15 is 0 Å². The van der Waals surface area contributed by atoms with E-state index in [2.05, 4.69) is 0 Å². The molecule has 2 aromatic rings. The zero-order valence-electron chi connectivity index (χ0n) is 11.9. The Morgan fingerprint density at radius 2 is 1.86 bits per heavy atom. The minimum atomic E-state index is -0.0297. The van der Waals surface area contributed by atoms with Crippen LogP contribution in [0.1, 0.15) is 5.76 Å². The Morgan fingerprint density at radius 1 is 1.09 bits per heavy atom. The van der Waals surface area contributed by atoms with Crippen molar-refractivity contribution in [3.8, 4) is 11.5 Å². The highest BCUT2D eigenvalue weighted by Crippen LogP contribution is 2.37. The third kappa shape index (κ3) is 2.42. The molecule has 0 spiro atoms. The molecule has 0 saturated carbocycles. The van der Waals surface area contributed by atoms with Gasteiger partial charge >= 0.3 is 0 Å². The van der Waals surface area contributed by atoms with E-state index in [9.17, 15) is 4.79 Å². The van der Waals surface area contributed by atoms with Crippen molar-refractivity contribution in [2.24, 2.45) is 0 Å². The number of morpholine rings is 1. The second-order valence-corrected chi connectivity index (χ2v) is 5.16. The van der Waals surface area contributed by atoms with Crippen molar-refractivity contribution in [1.29, 1.82) is 0 Å². The van der Waals surface area contributed by atoms with Gasteiger partial charge in [-0.25, -0.2) is 0 Å². The molecule has 0 unspecified atom stereocenters. The molecule has 0 atom stereocenters. The summed E-state index contributed by atoms with van der Waals surface area (Å²) in [5.74, 6) is 1.99. The zero-order chi connectivity index (χ0) is 14.9. The fourth-order valence-corrected chi connectivity index (χ4v) is 2.57. The minimum Gasteiger partial charge on any atom is -0.457 e. The number of ether oxygens (including phenoxy) is 3. The Bertz CT molecular complexity index is 701. The van der Waals surface area contributed by atoms with E-state index in [0.29, 0.717) is 49.1 Å². The molecule has 22 heavy (non-hydrogen) atoms. The predicted octanol–water partition coefficient (Wildman–Crippen LogP) is 2.03. The van der Waals surface area contributed by atoms with Crippen LogP contribution >= 0.6 is 0 Å². The van der Waals surface area contributed by atoms with Gasteiger partial charge < -0.3 is 23.5 Å². The molecule has 6 heteroatoms. The number of fused-ring (bicyclic) bond motifs is 2. The number of nitrogens with zero attached hydrogens (tertiary/aromatic N) is 1. The normalized spacial score (nSPS) is 17.5. The average Bonchev–Trinajstić information content (AvgIpc) is 3.16. The van der Waals surface area contributed by atoms with Crippen LogP contribution in [0.25, 0.3) is 17.0 Å². The molecule has 1 aromatic carbocycles. The van der Waals surface area contributed by atoms with Crippen LogP contribution in [0.4, 0.5) is 0 Å². The molecule has 2 aliphatic rings. The Kier molecular flexibility index (Phi) is 3.23. The molecule has 0 radical (unpaired) electrons. The summed E-state index contributed by atoms with van der Waals surface area (Å²) in [6, 6.07) is 5.56. The number of furan rings is 1. The highest BCUT2D eigenvalue weighted by Gasteiger charge is 2.17. The van der Waals surface area contributed by atoms with Gasteiger partial charge in [-0.2, -0.15) is 0 Å². The summed E-state index contributed by atoms with van der Waals surface area (Å²) >= 11 is 0. The molecular formula is C16H15NO5. The molecule has 2 aliphatic heterocycles. The Balaban J connectivity index is 1.54. The monoisotopic (exact) mass is 301 g/mol. The number of amides is 1. The quantitative estimate of drug-likeness (QED) is 0.794. The highest BCUT2D eigenvalue weighted by molar-refractivity contribution is 5.92. The van der Waals surface area contributed by atoms with Gasteiger partial charge in [0, 0.05) is 30.6 Å². The fraction of sp³-hybridized carbons (Fsp3) is 0.312. The Hall–Kier alpha value is -2.47. The lowest BCUT2D eigenvalue weighted by molar-refractivity contribution is -0.129. The zero-order valence-corrected chi connectivity index (χ0v) is 11.9. The van der Waals surface area contributed by atoms with Crippen molar-refractivity contribution < 1.29 is 23.4 Å². The number of carbonyl (C=O) groups is 1. The van der Waals surface area contributed by atoms with Gasteiger partial charge in [0.2, 0.25) is 12.7 Å². The van der Waals surface area contributed by atoms with Crippen molar-refractivity contribution >= 4 is 23.0 Å². The first-order chi connectivity index (χ1) is 10.8. The van der Waals surface area contributed by atoms with E-state index in [1.807, 2.05) is 12.1 Å². The molecule has 1 amide bonds. The number of hydrogen-bond acceptors (Lipinski definition) is 5. The molecule has 0 bridgehead atoms. The van der Waals surface area contributed by atoms with Crippen molar-refractivity contribution in [2.75, 3.05) is 33.1 Å². The van der Waals surface area contributed by atoms with E-state index in [-0.39, 0.29) is 12.7 Å². The third-order valence-corrected chi connectivity index (χ3v) is 3.74.